The number of nitrogens with zero attached hydrogens (tertiary/aromatic N) is 1. The third-order valence-corrected chi connectivity index (χ3v) is 3.68. The molecule has 4 nitrogen and oxygen atoms in total. The van der Waals surface area contributed by atoms with Crippen molar-refractivity contribution in [2.45, 2.75) is 19.4 Å². The molecule has 98 valence electrons. The van der Waals surface area contributed by atoms with Gasteiger partial charge < -0.3 is 15.1 Å². The van der Waals surface area contributed by atoms with Crippen LogP contribution in [0.1, 0.15) is 22.8 Å². The molecule has 0 aliphatic carbocycles. The van der Waals surface area contributed by atoms with Gasteiger partial charge in [0.05, 0.1) is 11.8 Å². The summed E-state index contributed by atoms with van der Waals surface area (Å²) in [5.74, 6) is -0.144. The van der Waals surface area contributed by atoms with Gasteiger partial charge in [-0.15, -0.1) is 0 Å². The summed E-state index contributed by atoms with van der Waals surface area (Å²) in [6.45, 7) is 2.00. The zero-order chi connectivity index (χ0) is 13.6. The third-order valence-electron chi connectivity index (χ3n) is 3.39. The van der Waals surface area contributed by atoms with Gasteiger partial charge in [-0.25, -0.2) is 0 Å². The van der Waals surface area contributed by atoms with E-state index in [2.05, 4.69) is 0 Å². The number of anilines is 2. The minimum absolute atomic E-state index is 0.0790. The Kier molecular flexibility index (Phi) is 2.75. The molecular formula is C14H13ClN2O2. The summed E-state index contributed by atoms with van der Waals surface area (Å²) in [5.41, 5.74) is 8.85. The summed E-state index contributed by atoms with van der Waals surface area (Å²) < 4.78 is 4.99. The van der Waals surface area contributed by atoms with E-state index in [1.54, 1.807) is 17.0 Å². The van der Waals surface area contributed by atoms with E-state index in [1.807, 2.05) is 19.1 Å². The van der Waals surface area contributed by atoms with Crippen molar-refractivity contribution in [3.8, 4) is 0 Å². The molecule has 0 bridgehead atoms. The number of nitrogen functional groups attached to an aromatic ring is 1. The number of hydrogen-bond donors (Lipinski definition) is 1. The van der Waals surface area contributed by atoms with E-state index in [0.717, 1.165) is 17.7 Å². The molecule has 1 aromatic heterocycles. The summed E-state index contributed by atoms with van der Waals surface area (Å²) in [5, 5.41) is 0.126. The fraction of sp³-hybridized carbons (Fsp3) is 0.214. The van der Waals surface area contributed by atoms with Gasteiger partial charge in [-0.3, -0.25) is 4.79 Å². The highest BCUT2D eigenvalue weighted by atomic mass is 35.5. The fourth-order valence-corrected chi connectivity index (χ4v) is 2.73. The average molecular weight is 277 g/mol. The number of fused-ring (bicyclic) bond motifs is 1. The largest absolute Gasteiger partial charge is 0.452 e. The Hall–Kier alpha value is -1.94. The lowest BCUT2D eigenvalue weighted by Crippen LogP contribution is -2.35. The highest BCUT2D eigenvalue weighted by Crippen LogP contribution is 2.35. The molecule has 1 unspecified atom stereocenters. The van der Waals surface area contributed by atoms with E-state index in [4.69, 9.17) is 21.8 Å². The normalized spacial score (nSPS) is 17.6. The van der Waals surface area contributed by atoms with Gasteiger partial charge in [0.25, 0.3) is 5.91 Å². The molecule has 2 N–H and O–H groups in total. The molecule has 1 aliphatic rings. The smallest absolute Gasteiger partial charge is 0.263 e. The first-order chi connectivity index (χ1) is 9.08. The van der Waals surface area contributed by atoms with E-state index < -0.39 is 0 Å². The molecular weight excluding hydrogens is 264 g/mol. The van der Waals surface area contributed by atoms with Gasteiger partial charge in [-0.1, -0.05) is 0 Å². The van der Waals surface area contributed by atoms with E-state index in [1.165, 1.54) is 6.26 Å². The minimum Gasteiger partial charge on any atom is -0.452 e. The summed E-state index contributed by atoms with van der Waals surface area (Å²) in [4.78, 5) is 14.3. The summed E-state index contributed by atoms with van der Waals surface area (Å²) in [6, 6.07) is 7.26. The van der Waals surface area contributed by atoms with Crippen molar-refractivity contribution in [2.24, 2.45) is 0 Å². The molecule has 2 aromatic rings. The molecule has 1 aromatic carbocycles. The lowest BCUT2D eigenvalue weighted by Gasteiger charge is -2.22. The number of rotatable bonds is 1. The molecule has 2 heterocycles. The molecule has 0 fully saturated rings. The molecule has 3 rings (SSSR count). The summed E-state index contributed by atoms with van der Waals surface area (Å²) in [6.07, 6.45) is 2.21. The van der Waals surface area contributed by atoms with Gasteiger partial charge in [0.2, 0.25) is 5.22 Å². The van der Waals surface area contributed by atoms with Crippen molar-refractivity contribution in [1.82, 2.24) is 0 Å². The van der Waals surface area contributed by atoms with Crippen LogP contribution in [-0.4, -0.2) is 11.9 Å². The predicted molar refractivity (Wildman–Crippen MR) is 74.5 cm³/mol. The molecule has 1 amide bonds. The number of halogens is 1. The molecule has 0 saturated heterocycles. The van der Waals surface area contributed by atoms with Crippen LogP contribution in [0.3, 0.4) is 0 Å². The molecule has 1 aliphatic heterocycles. The van der Waals surface area contributed by atoms with Crippen LogP contribution < -0.4 is 10.6 Å². The maximum absolute atomic E-state index is 12.5. The molecule has 0 radical (unpaired) electrons. The standard InChI is InChI=1S/C14H13ClN2O2/c1-8-6-9-7-10(16)2-3-12(9)17(8)14(18)11-4-5-19-13(11)15/h2-5,7-8H,6,16H2,1H3. The van der Waals surface area contributed by atoms with E-state index in [0.29, 0.717) is 11.3 Å². The first-order valence-corrected chi connectivity index (χ1v) is 6.40. The van der Waals surface area contributed by atoms with Crippen molar-refractivity contribution in [3.63, 3.8) is 0 Å². The number of carbonyl (C=O) groups is 1. The lowest BCUT2D eigenvalue weighted by molar-refractivity contribution is 0.0981. The Morgan fingerprint density at radius 3 is 2.95 bits per heavy atom. The second kappa shape index (κ2) is 4.31. The Labute approximate surface area is 115 Å². The van der Waals surface area contributed by atoms with Crippen LogP contribution in [-0.2, 0) is 6.42 Å². The average Bonchev–Trinajstić information content (AvgIpc) is 2.90. The Morgan fingerprint density at radius 1 is 1.47 bits per heavy atom. The van der Waals surface area contributed by atoms with Crippen LogP contribution in [0.5, 0.6) is 0 Å². The molecule has 5 heteroatoms. The minimum atomic E-state index is -0.144. The zero-order valence-corrected chi connectivity index (χ0v) is 11.1. The van der Waals surface area contributed by atoms with Crippen molar-refractivity contribution < 1.29 is 9.21 Å². The van der Waals surface area contributed by atoms with Crippen LogP contribution >= 0.6 is 11.6 Å². The Balaban J connectivity index is 2.03. The number of hydrogen-bond acceptors (Lipinski definition) is 3. The SMILES string of the molecule is CC1Cc2cc(N)ccc2N1C(=O)c1ccoc1Cl. The first-order valence-electron chi connectivity index (χ1n) is 6.03. The van der Waals surface area contributed by atoms with Gasteiger partial charge in [0.15, 0.2) is 0 Å². The van der Waals surface area contributed by atoms with E-state index in [-0.39, 0.29) is 17.2 Å². The summed E-state index contributed by atoms with van der Waals surface area (Å²) >= 11 is 5.88. The van der Waals surface area contributed by atoms with Gasteiger partial charge in [0, 0.05) is 17.4 Å². The summed E-state index contributed by atoms with van der Waals surface area (Å²) in [7, 11) is 0. The van der Waals surface area contributed by atoms with Crippen LogP contribution in [0.15, 0.2) is 34.9 Å². The van der Waals surface area contributed by atoms with Gasteiger partial charge in [0.1, 0.15) is 0 Å². The topological polar surface area (TPSA) is 59.5 Å². The van der Waals surface area contributed by atoms with Crippen LogP contribution in [0.4, 0.5) is 11.4 Å². The van der Waals surface area contributed by atoms with Crippen LogP contribution in [0.2, 0.25) is 5.22 Å². The molecule has 0 spiro atoms. The maximum Gasteiger partial charge on any atom is 0.263 e. The van der Waals surface area contributed by atoms with Crippen LogP contribution in [0.25, 0.3) is 0 Å². The molecule has 1 atom stereocenters. The number of carbonyl (C=O) groups excluding carboxylic acids is 1. The first kappa shape index (κ1) is 12.1. The van der Waals surface area contributed by atoms with Crippen molar-refractivity contribution in [1.29, 1.82) is 0 Å². The van der Waals surface area contributed by atoms with Crippen molar-refractivity contribution >= 4 is 28.9 Å². The lowest BCUT2D eigenvalue weighted by atomic mass is 10.1. The zero-order valence-electron chi connectivity index (χ0n) is 10.4. The van der Waals surface area contributed by atoms with Crippen molar-refractivity contribution in [3.05, 3.63) is 46.9 Å². The monoisotopic (exact) mass is 276 g/mol. The van der Waals surface area contributed by atoms with Gasteiger partial charge >= 0.3 is 0 Å². The molecule has 0 saturated carbocycles. The van der Waals surface area contributed by atoms with Gasteiger partial charge in [-0.05, 0) is 54.8 Å². The highest BCUT2D eigenvalue weighted by molar-refractivity contribution is 6.33. The predicted octanol–water partition coefficient (Wildman–Crippen LogP) is 3.11. The fourth-order valence-electron chi connectivity index (χ4n) is 2.54. The second-order valence-electron chi connectivity index (χ2n) is 4.72. The number of furan rings is 1. The van der Waals surface area contributed by atoms with E-state index in [9.17, 15) is 4.79 Å². The Morgan fingerprint density at radius 2 is 2.26 bits per heavy atom. The number of nitrogens with two attached hydrogens (primary N) is 1. The third kappa shape index (κ3) is 1.88. The Bertz CT molecular complexity index is 651. The van der Waals surface area contributed by atoms with E-state index >= 15 is 0 Å². The maximum atomic E-state index is 12.5. The number of amides is 1. The van der Waals surface area contributed by atoms with Gasteiger partial charge in [-0.2, -0.15) is 0 Å². The second-order valence-corrected chi connectivity index (χ2v) is 5.07. The quantitative estimate of drug-likeness (QED) is 0.814. The van der Waals surface area contributed by atoms with Crippen LogP contribution in [0, 0.1) is 0 Å². The highest BCUT2D eigenvalue weighted by Gasteiger charge is 2.33. The molecule has 19 heavy (non-hydrogen) atoms. The van der Waals surface area contributed by atoms with Crippen molar-refractivity contribution in [2.75, 3.05) is 10.6 Å². The number of benzene rings is 1.